The van der Waals surface area contributed by atoms with Crippen LogP contribution in [0.3, 0.4) is 0 Å². The van der Waals surface area contributed by atoms with E-state index in [1.165, 1.54) is 0 Å². The molecule has 7 nitrogen and oxygen atoms in total. The third kappa shape index (κ3) is 4.33. The van der Waals surface area contributed by atoms with Crippen LogP contribution >= 0.6 is 0 Å². The van der Waals surface area contributed by atoms with E-state index in [0.717, 1.165) is 57.3 Å². The van der Waals surface area contributed by atoms with Crippen molar-refractivity contribution in [3.63, 3.8) is 0 Å². The summed E-state index contributed by atoms with van der Waals surface area (Å²) < 4.78 is 0. The highest BCUT2D eigenvalue weighted by atomic mass is 16.3. The van der Waals surface area contributed by atoms with Crippen LogP contribution in [0, 0.1) is 11.8 Å². The molecular formula is C28H24N6O. The van der Waals surface area contributed by atoms with Gasteiger partial charge in [0.25, 0.3) is 0 Å². The zero-order valence-electron chi connectivity index (χ0n) is 19.0. The molecule has 1 unspecified atom stereocenters. The number of aromatic amines is 1. The lowest BCUT2D eigenvalue weighted by molar-refractivity contribution is 0.0736. The predicted octanol–water partition coefficient (Wildman–Crippen LogP) is 4.38. The average Bonchev–Trinajstić information content (AvgIpc) is 3.32. The summed E-state index contributed by atoms with van der Waals surface area (Å²) in [7, 11) is 0. The Balaban J connectivity index is 1.31. The van der Waals surface area contributed by atoms with Crippen LogP contribution < -0.4 is 10.6 Å². The Bertz CT molecular complexity index is 1580. The summed E-state index contributed by atoms with van der Waals surface area (Å²) >= 11 is 0. The molecule has 3 aromatic carbocycles. The Morgan fingerprint density at radius 2 is 1.89 bits per heavy atom. The minimum atomic E-state index is -0.987. The van der Waals surface area contributed by atoms with E-state index in [1.54, 1.807) is 6.33 Å². The number of fused-ring (bicyclic) bond motifs is 2. The van der Waals surface area contributed by atoms with Gasteiger partial charge in [-0.25, -0.2) is 9.97 Å². The summed E-state index contributed by atoms with van der Waals surface area (Å²) in [4.78, 5) is 8.88. The molecule has 5 aromatic rings. The molecule has 0 bridgehead atoms. The van der Waals surface area contributed by atoms with Crippen LogP contribution in [-0.4, -0.2) is 44.0 Å². The minimum Gasteiger partial charge on any atom is -0.376 e. The molecule has 1 atom stereocenters. The number of nitrogens with zero attached hydrogens (tertiary/aromatic N) is 3. The van der Waals surface area contributed by atoms with Crippen LogP contribution in [0.2, 0.25) is 0 Å². The van der Waals surface area contributed by atoms with Crippen molar-refractivity contribution in [1.82, 2.24) is 25.5 Å². The number of hydrogen-bond acceptors (Lipinski definition) is 6. The van der Waals surface area contributed by atoms with Gasteiger partial charge < -0.3 is 15.7 Å². The SMILES string of the molecule is OC1(C#Cc2ccc3ncnc(Nc4ccc5c(-c6ccccc6)n[nH]c5c4)c3c2)CCCNC1. The van der Waals surface area contributed by atoms with Gasteiger partial charge in [-0.2, -0.15) is 5.10 Å². The largest absolute Gasteiger partial charge is 0.376 e. The second kappa shape index (κ2) is 8.84. The average molecular weight is 461 g/mol. The number of anilines is 2. The topological polar surface area (TPSA) is 98.8 Å². The maximum absolute atomic E-state index is 10.7. The standard InChI is InChI=1S/C28H24N6O/c35-28(12-4-14-29-17-28)13-11-19-7-10-24-23(15-19)27(31-18-30-24)32-21-8-9-22-25(16-21)33-34-26(22)20-5-2-1-3-6-20/h1-3,5-10,15-16,18,29,35H,4,12,14,17H2,(H,33,34)(H,30,31,32). The van der Waals surface area contributed by atoms with Gasteiger partial charge in [0.2, 0.25) is 0 Å². The van der Waals surface area contributed by atoms with Crippen LogP contribution in [0.4, 0.5) is 11.5 Å². The van der Waals surface area contributed by atoms with Crippen molar-refractivity contribution in [2.45, 2.75) is 18.4 Å². The molecule has 172 valence electrons. The van der Waals surface area contributed by atoms with E-state index in [9.17, 15) is 5.11 Å². The highest BCUT2D eigenvalue weighted by Gasteiger charge is 2.26. The molecular weight excluding hydrogens is 436 g/mol. The third-order valence-corrected chi connectivity index (χ3v) is 6.31. The number of nitrogens with one attached hydrogen (secondary N) is 3. The van der Waals surface area contributed by atoms with Crippen molar-refractivity contribution in [2.24, 2.45) is 0 Å². The van der Waals surface area contributed by atoms with Gasteiger partial charge in [-0.3, -0.25) is 5.10 Å². The zero-order valence-corrected chi connectivity index (χ0v) is 19.0. The number of β-amino-alcohol motifs (C(OH)–C–C–N with tert-alkyl or cyclic N) is 1. The third-order valence-electron chi connectivity index (χ3n) is 6.31. The minimum absolute atomic E-state index is 0.492. The fourth-order valence-electron chi connectivity index (χ4n) is 4.47. The van der Waals surface area contributed by atoms with Gasteiger partial charge in [-0.1, -0.05) is 42.2 Å². The fraction of sp³-hybridized carbons (Fsp3) is 0.179. The van der Waals surface area contributed by atoms with Crippen LogP contribution in [0.25, 0.3) is 33.1 Å². The van der Waals surface area contributed by atoms with Gasteiger partial charge in [-0.05, 0) is 55.8 Å². The Morgan fingerprint density at radius 3 is 2.74 bits per heavy atom. The van der Waals surface area contributed by atoms with Crippen molar-refractivity contribution in [1.29, 1.82) is 0 Å². The van der Waals surface area contributed by atoms with Crippen molar-refractivity contribution in [3.8, 4) is 23.1 Å². The zero-order chi connectivity index (χ0) is 23.7. The molecule has 0 amide bonds. The molecule has 1 aliphatic heterocycles. The predicted molar refractivity (Wildman–Crippen MR) is 138 cm³/mol. The first-order valence-electron chi connectivity index (χ1n) is 11.7. The van der Waals surface area contributed by atoms with Crippen LogP contribution in [0.5, 0.6) is 0 Å². The van der Waals surface area contributed by atoms with E-state index in [2.05, 4.69) is 60.8 Å². The van der Waals surface area contributed by atoms with E-state index in [4.69, 9.17) is 0 Å². The van der Waals surface area contributed by atoms with Gasteiger partial charge in [0.1, 0.15) is 17.7 Å². The monoisotopic (exact) mass is 460 g/mol. The Morgan fingerprint density at radius 1 is 0.971 bits per heavy atom. The summed E-state index contributed by atoms with van der Waals surface area (Å²) in [6.45, 7) is 1.41. The number of aromatic nitrogens is 4. The maximum atomic E-state index is 10.7. The first kappa shape index (κ1) is 21.3. The van der Waals surface area contributed by atoms with Crippen LogP contribution in [0.15, 0.2) is 73.1 Å². The van der Waals surface area contributed by atoms with Gasteiger partial charge in [0.15, 0.2) is 0 Å². The number of benzene rings is 3. The van der Waals surface area contributed by atoms with Gasteiger partial charge in [0, 0.05) is 34.1 Å². The summed E-state index contributed by atoms with van der Waals surface area (Å²) in [5.74, 6) is 6.89. The molecule has 0 radical (unpaired) electrons. The molecule has 4 N–H and O–H groups in total. The highest BCUT2D eigenvalue weighted by molar-refractivity contribution is 5.96. The van der Waals surface area contributed by atoms with Gasteiger partial charge in [-0.15, -0.1) is 0 Å². The lowest BCUT2D eigenvalue weighted by Gasteiger charge is -2.27. The first-order valence-corrected chi connectivity index (χ1v) is 11.7. The van der Waals surface area contributed by atoms with Crippen molar-refractivity contribution in [3.05, 3.63) is 78.6 Å². The number of hydrogen-bond donors (Lipinski definition) is 4. The molecule has 1 saturated heterocycles. The van der Waals surface area contributed by atoms with Gasteiger partial charge in [0.05, 0.1) is 16.7 Å². The summed E-state index contributed by atoms with van der Waals surface area (Å²) in [5, 5.41) is 26.9. The van der Waals surface area contributed by atoms with Crippen LogP contribution in [-0.2, 0) is 0 Å². The van der Waals surface area contributed by atoms with Crippen molar-refractivity contribution in [2.75, 3.05) is 18.4 Å². The van der Waals surface area contributed by atoms with E-state index < -0.39 is 5.60 Å². The number of aliphatic hydroxyl groups is 1. The van der Waals surface area contributed by atoms with Crippen LogP contribution in [0.1, 0.15) is 18.4 Å². The Hall–Kier alpha value is -4.25. The smallest absolute Gasteiger partial charge is 0.141 e. The Labute approximate surface area is 202 Å². The van der Waals surface area contributed by atoms with Crippen molar-refractivity contribution < 1.29 is 5.11 Å². The molecule has 6 rings (SSSR count). The highest BCUT2D eigenvalue weighted by Crippen LogP contribution is 2.30. The molecule has 1 fully saturated rings. The normalized spacial score (nSPS) is 17.7. The first-order chi connectivity index (χ1) is 17.2. The molecule has 1 aliphatic rings. The molecule has 7 heteroatoms. The molecule has 3 heterocycles. The fourth-order valence-corrected chi connectivity index (χ4v) is 4.47. The maximum Gasteiger partial charge on any atom is 0.141 e. The second-order valence-electron chi connectivity index (χ2n) is 8.84. The summed E-state index contributed by atoms with van der Waals surface area (Å²) in [6, 6.07) is 22.1. The quantitative estimate of drug-likeness (QED) is 0.298. The Kier molecular flexibility index (Phi) is 5.38. The number of rotatable bonds is 3. The lowest BCUT2D eigenvalue weighted by atomic mass is 9.94. The van der Waals surface area contributed by atoms with E-state index in [0.29, 0.717) is 18.8 Å². The summed E-state index contributed by atoms with van der Waals surface area (Å²) in [5.41, 5.74) is 4.47. The number of H-pyrrole nitrogens is 1. The van der Waals surface area contributed by atoms with E-state index in [1.807, 2.05) is 48.5 Å². The van der Waals surface area contributed by atoms with Gasteiger partial charge >= 0.3 is 0 Å². The van der Waals surface area contributed by atoms with Crippen molar-refractivity contribution >= 4 is 33.3 Å². The number of piperidine rings is 1. The second-order valence-corrected chi connectivity index (χ2v) is 8.84. The molecule has 35 heavy (non-hydrogen) atoms. The summed E-state index contributed by atoms with van der Waals surface area (Å²) in [6.07, 6.45) is 3.14. The van der Waals surface area contributed by atoms with E-state index in [-0.39, 0.29) is 0 Å². The van der Waals surface area contributed by atoms with E-state index >= 15 is 0 Å². The molecule has 0 aliphatic carbocycles. The molecule has 0 saturated carbocycles. The molecule has 0 spiro atoms. The lowest BCUT2D eigenvalue weighted by Crippen LogP contribution is -2.44. The molecule has 2 aromatic heterocycles.